The van der Waals surface area contributed by atoms with Gasteiger partial charge in [-0.2, -0.15) is 0 Å². The fourth-order valence-corrected chi connectivity index (χ4v) is 2.00. The zero-order chi connectivity index (χ0) is 15.9. The lowest BCUT2D eigenvalue weighted by Gasteiger charge is -2.16. The van der Waals surface area contributed by atoms with E-state index < -0.39 is 17.7 Å². The Kier molecular flexibility index (Phi) is 5.71. The standard InChI is InChI=1S/C15H18F2N2O3/c16-13-6-5-12(7-14(13)17)22-9-11(20)8-18-15(21)19-10-3-1-2-4-10/h1-2,5-7,10-11,20H,3-4,8-9H2,(H2,18,19,21). The molecule has 0 fully saturated rings. The van der Waals surface area contributed by atoms with Gasteiger partial charge in [-0.25, -0.2) is 13.6 Å². The number of carbonyl (C=O) groups excluding carboxylic acids is 1. The Morgan fingerprint density at radius 1 is 1.32 bits per heavy atom. The van der Waals surface area contributed by atoms with E-state index in [-0.39, 0.29) is 31.0 Å². The first kappa shape index (κ1) is 16.2. The molecule has 7 heteroatoms. The zero-order valence-electron chi connectivity index (χ0n) is 11.9. The van der Waals surface area contributed by atoms with E-state index in [4.69, 9.17) is 4.74 Å². The van der Waals surface area contributed by atoms with E-state index in [1.165, 1.54) is 6.07 Å². The van der Waals surface area contributed by atoms with E-state index in [1.807, 2.05) is 12.2 Å². The molecule has 1 aliphatic rings. The molecule has 0 heterocycles. The van der Waals surface area contributed by atoms with Gasteiger partial charge in [0, 0.05) is 18.7 Å². The predicted octanol–water partition coefficient (Wildman–Crippen LogP) is 1.72. The minimum absolute atomic E-state index is 0.00431. The quantitative estimate of drug-likeness (QED) is 0.701. The Hall–Kier alpha value is -2.15. The van der Waals surface area contributed by atoms with Crippen molar-refractivity contribution in [3.8, 4) is 5.75 Å². The molecule has 0 aliphatic heterocycles. The summed E-state index contributed by atoms with van der Waals surface area (Å²) in [6.07, 6.45) is 4.63. The van der Waals surface area contributed by atoms with Crippen molar-refractivity contribution >= 4 is 6.03 Å². The summed E-state index contributed by atoms with van der Waals surface area (Å²) < 4.78 is 30.8. The number of aliphatic hydroxyl groups is 1. The van der Waals surface area contributed by atoms with Crippen LogP contribution in [0.15, 0.2) is 30.4 Å². The minimum atomic E-state index is -1.02. The molecule has 0 radical (unpaired) electrons. The van der Waals surface area contributed by atoms with Crippen LogP contribution in [0.4, 0.5) is 13.6 Å². The van der Waals surface area contributed by atoms with Crippen LogP contribution in [-0.2, 0) is 0 Å². The maximum atomic E-state index is 13.0. The molecular weight excluding hydrogens is 294 g/mol. The SMILES string of the molecule is O=C(NCC(O)COc1ccc(F)c(F)c1)NC1CC=CC1. The summed E-state index contributed by atoms with van der Waals surface area (Å²) in [7, 11) is 0. The van der Waals surface area contributed by atoms with Gasteiger partial charge in [0.2, 0.25) is 0 Å². The van der Waals surface area contributed by atoms with Gasteiger partial charge in [0.05, 0.1) is 0 Å². The van der Waals surface area contributed by atoms with Gasteiger partial charge in [0.1, 0.15) is 18.5 Å². The van der Waals surface area contributed by atoms with Crippen LogP contribution in [0.5, 0.6) is 5.75 Å². The molecule has 1 aromatic rings. The zero-order valence-corrected chi connectivity index (χ0v) is 11.9. The molecule has 3 N–H and O–H groups in total. The number of aliphatic hydroxyl groups excluding tert-OH is 1. The second-order valence-corrected chi connectivity index (χ2v) is 5.03. The molecule has 2 rings (SSSR count). The van der Waals surface area contributed by atoms with Crippen LogP contribution in [-0.4, -0.2) is 36.4 Å². The van der Waals surface area contributed by atoms with Crippen LogP contribution < -0.4 is 15.4 Å². The molecule has 22 heavy (non-hydrogen) atoms. The average molecular weight is 312 g/mol. The number of amides is 2. The molecule has 1 atom stereocenters. The van der Waals surface area contributed by atoms with Crippen molar-refractivity contribution in [2.75, 3.05) is 13.2 Å². The Balaban J connectivity index is 1.65. The van der Waals surface area contributed by atoms with Gasteiger partial charge < -0.3 is 20.5 Å². The molecule has 120 valence electrons. The van der Waals surface area contributed by atoms with Crippen molar-refractivity contribution < 1.29 is 23.4 Å². The number of carbonyl (C=O) groups is 1. The van der Waals surface area contributed by atoms with Gasteiger partial charge in [-0.1, -0.05) is 12.2 Å². The van der Waals surface area contributed by atoms with Crippen molar-refractivity contribution in [2.45, 2.75) is 25.0 Å². The van der Waals surface area contributed by atoms with Gasteiger partial charge in [0.15, 0.2) is 11.6 Å². The number of ether oxygens (including phenoxy) is 1. The third-order valence-corrected chi connectivity index (χ3v) is 3.17. The van der Waals surface area contributed by atoms with Gasteiger partial charge in [0.25, 0.3) is 0 Å². The highest BCUT2D eigenvalue weighted by atomic mass is 19.2. The van der Waals surface area contributed by atoms with E-state index >= 15 is 0 Å². The van der Waals surface area contributed by atoms with Gasteiger partial charge >= 0.3 is 6.03 Å². The fraction of sp³-hybridized carbons (Fsp3) is 0.400. The van der Waals surface area contributed by atoms with Crippen LogP contribution in [0.25, 0.3) is 0 Å². The molecule has 1 aliphatic carbocycles. The highest BCUT2D eigenvalue weighted by Gasteiger charge is 2.14. The van der Waals surface area contributed by atoms with Crippen LogP contribution in [0.2, 0.25) is 0 Å². The molecule has 1 unspecified atom stereocenters. The van der Waals surface area contributed by atoms with E-state index in [0.29, 0.717) is 0 Å². The lowest BCUT2D eigenvalue weighted by Crippen LogP contribution is -2.44. The normalized spacial score (nSPS) is 15.6. The van der Waals surface area contributed by atoms with Crippen LogP contribution in [0.3, 0.4) is 0 Å². The fourth-order valence-electron chi connectivity index (χ4n) is 2.00. The second kappa shape index (κ2) is 7.74. The first-order chi connectivity index (χ1) is 10.5. The summed E-state index contributed by atoms with van der Waals surface area (Å²) in [4.78, 5) is 11.6. The van der Waals surface area contributed by atoms with Crippen LogP contribution in [0, 0.1) is 11.6 Å². The van der Waals surface area contributed by atoms with Crippen molar-refractivity contribution in [1.29, 1.82) is 0 Å². The van der Waals surface area contributed by atoms with E-state index in [1.54, 1.807) is 0 Å². The number of hydrogen-bond donors (Lipinski definition) is 3. The number of halogens is 2. The van der Waals surface area contributed by atoms with Crippen molar-refractivity contribution in [1.82, 2.24) is 10.6 Å². The van der Waals surface area contributed by atoms with E-state index in [0.717, 1.165) is 25.0 Å². The summed E-state index contributed by atoms with van der Waals surface area (Å²) >= 11 is 0. The molecule has 0 aromatic heterocycles. The lowest BCUT2D eigenvalue weighted by atomic mass is 10.2. The minimum Gasteiger partial charge on any atom is -0.491 e. The number of benzene rings is 1. The Morgan fingerprint density at radius 3 is 2.73 bits per heavy atom. The Morgan fingerprint density at radius 2 is 2.05 bits per heavy atom. The summed E-state index contributed by atoms with van der Waals surface area (Å²) in [5, 5.41) is 15.0. The molecule has 0 saturated carbocycles. The largest absolute Gasteiger partial charge is 0.491 e. The molecular formula is C15H18F2N2O3. The first-order valence-electron chi connectivity index (χ1n) is 7.00. The van der Waals surface area contributed by atoms with Crippen LogP contribution in [0.1, 0.15) is 12.8 Å². The van der Waals surface area contributed by atoms with Crippen molar-refractivity contribution in [2.24, 2.45) is 0 Å². The monoisotopic (exact) mass is 312 g/mol. The van der Waals surface area contributed by atoms with Crippen molar-refractivity contribution in [3.05, 3.63) is 42.0 Å². The summed E-state index contributed by atoms with van der Waals surface area (Å²) in [6, 6.07) is 2.84. The summed E-state index contributed by atoms with van der Waals surface area (Å²) in [5.74, 6) is -1.87. The molecule has 0 spiro atoms. The highest BCUT2D eigenvalue weighted by molar-refractivity contribution is 5.74. The summed E-state index contributed by atoms with van der Waals surface area (Å²) in [6.45, 7) is -0.147. The van der Waals surface area contributed by atoms with E-state index in [2.05, 4.69) is 10.6 Å². The Labute approximate surface area is 127 Å². The van der Waals surface area contributed by atoms with E-state index in [9.17, 15) is 18.7 Å². The maximum Gasteiger partial charge on any atom is 0.315 e. The first-order valence-corrected chi connectivity index (χ1v) is 7.00. The average Bonchev–Trinajstić information content (AvgIpc) is 2.99. The molecule has 2 amide bonds. The molecule has 1 aromatic carbocycles. The second-order valence-electron chi connectivity index (χ2n) is 5.03. The number of hydrogen-bond acceptors (Lipinski definition) is 3. The van der Waals surface area contributed by atoms with Crippen LogP contribution >= 0.6 is 0 Å². The van der Waals surface area contributed by atoms with Crippen molar-refractivity contribution in [3.63, 3.8) is 0 Å². The number of rotatable bonds is 6. The van der Waals surface area contributed by atoms with Gasteiger partial charge in [-0.15, -0.1) is 0 Å². The maximum absolute atomic E-state index is 13.0. The number of nitrogens with one attached hydrogen (secondary N) is 2. The molecule has 5 nitrogen and oxygen atoms in total. The van der Waals surface area contributed by atoms with Gasteiger partial charge in [-0.3, -0.25) is 0 Å². The predicted molar refractivity (Wildman–Crippen MR) is 76.6 cm³/mol. The number of urea groups is 1. The third-order valence-electron chi connectivity index (χ3n) is 3.17. The molecule has 0 saturated heterocycles. The smallest absolute Gasteiger partial charge is 0.315 e. The lowest BCUT2D eigenvalue weighted by molar-refractivity contribution is 0.107. The Bertz CT molecular complexity index is 544. The molecule has 0 bridgehead atoms. The van der Waals surface area contributed by atoms with Gasteiger partial charge in [-0.05, 0) is 25.0 Å². The highest BCUT2D eigenvalue weighted by Crippen LogP contribution is 2.15. The summed E-state index contributed by atoms with van der Waals surface area (Å²) in [5.41, 5.74) is 0. The third kappa shape index (κ3) is 5.00. The topological polar surface area (TPSA) is 70.6 Å².